The number of hydrogen-bond acceptors (Lipinski definition) is 9. The SMILES string of the molecule is CCC(=O)OCCOCCSCCOCCOc1cc(C)cc2c(C)c(OC(F)(F)F)c(=O)oc12. The third kappa shape index (κ3) is 9.98. The van der Waals surface area contributed by atoms with Crippen molar-refractivity contribution in [1.82, 2.24) is 0 Å². The molecule has 1 aromatic heterocycles. The van der Waals surface area contributed by atoms with Gasteiger partial charge in [0.15, 0.2) is 11.3 Å². The molecule has 0 saturated carbocycles. The van der Waals surface area contributed by atoms with Crippen LogP contribution in [0.1, 0.15) is 24.5 Å². The van der Waals surface area contributed by atoms with E-state index in [1.54, 1.807) is 37.7 Å². The van der Waals surface area contributed by atoms with Gasteiger partial charge in [-0.25, -0.2) is 4.79 Å². The van der Waals surface area contributed by atoms with Crippen LogP contribution < -0.4 is 15.1 Å². The van der Waals surface area contributed by atoms with Gasteiger partial charge in [-0.05, 0) is 31.5 Å². The number of carbonyl (C=O) groups excluding carboxylic acids is 1. The molecule has 0 aliphatic carbocycles. The Kier molecular flexibility index (Phi) is 11.7. The van der Waals surface area contributed by atoms with Gasteiger partial charge in [0.05, 0.1) is 26.4 Å². The molecule has 0 unspecified atom stereocenters. The summed E-state index contributed by atoms with van der Waals surface area (Å²) in [6, 6.07) is 3.23. The van der Waals surface area contributed by atoms with Crippen LogP contribution in [0.15, 0.2) is 21.3 Å². The molecule has 2 rings (SSSR count). The highest BCUT2D eigenvalue weighted by atomic mass is 32.2. The summed E-state index contributed by atoms with van der Waals surface area (Å²) >= 11 is 1.65. The Bertz CT molecular complexity index is 1020. The maximum absolute atomic E-state index is 12.6. The van der Waals surface area contributed by atoms with Crippen molar-refractivity contribution in [2.75, 3.05) is 51.1 Å². The summed E-state index contributed by atoms with van der Waals surface area (Å²) in [5.74, 6) is 0.614. The van der Waals surface area contributed by atoms with Crippen molar-refractivity contribution < 1.29 is 46.1 Å². The van der Waals surface area contributed by atoms with E-state index in [1.807, 2.05) is 0 Å². The van der Waals surface area contributed by atoms with Crippen molar-refractivity contribution >= 4 is 28.7 Å². The van der Waals surface area contributed by atoms with Crippen molar-refractivity contribution in [1.29, 1.82) is 0 Å². The Hall–Kier alpha value is -2.44. The number of hydrogen-bond donors (Lipinski definition) is 0. The lowest BCUT2D eigenvalue weighted by Crippen LogP contribution is -2.22. The van der Waals surface area contributed by atoms with Gasteiger partial charge in [0.25, 0.3) is 0 Å². The number of aryl methyl sites for hydroxylation is 2. The zero-order valence-corrected chi connectivity index (χ0v) is 20.6. The molecule has 1 heterocycles. The fourth-order valence-electron chi connectivity index (χ4n) is 2.95. The van der Waals surface area contributed by atoms with Crippen LogP contribution in [0, 0.1) is 13.8 Å². The fraction of sp³-hybridized carbons (Fsp3) is 0.565. The highest BCUT2D eigenvalue weighted by molar-refractivity contribution is 7.99. The Morgan fingerprint density at radius 3 is 2.29 bits per heavy atom. The summed E-state index contributed by atoms with van der Waals surface area (Å²) in [5, 5.41) is 0.293. The third-order valence-corrected chi connectivity index (χ3v) is 5.46. The molecule has 0 aliphatic rings. The Balaban J connectivity index is 1.74. The first kappa shape index (κ1) is 28.8. The number of ether oxygens (including phenoxy) is 5. The quantitative estimate of drug-likeness (QED) is 0.192. The molecule has 196 valence electrons. The van der Waals surface area contributed by atoms with E-state index in [2.05, 4.69) is 4.74 Å². The Morgan fingerprint density at radius 1 is 1.00 bits per heavy atom. The predicted molar refractivity (Wildman–Crippen MR) is 124 cm³/mol. The minimum Gasteiger partial charge on any atom is -0.487 e. The zero-order chi connectivity index (χ0) is 25.8. The molecule has 0 N–H and O–H groups in total. The second-order valence-electron chi connectivity index (χ2n) is 7.29. The first-order valence-corrected chi connectivity index (χ1v) is 12.1. The van der Waals surface area contributed by atoms with Gasteiger partial charge in [0, 0.05) is 28.9 Å². The minimum atomic E-state index is -5.01. The number of halogens is 3. The largest absolute Gasteiger partial charge is 0.573 e. The normalized spacial score (nSPS) is 11.6. The van der Waals surface area contributed by atoms with E-state index >= 15 is 0 Å². The Morgan fingerprint density at radius 2 is 1.66 bits per heavy atom. The summed E-state index contributed by atoms with van der Waals surface area (Å²) < 4.78 is 68.3. The average molecular weight is 523 g/mol. The zero-order valence-electron chi connectivity index (χ0n) is 19.8. The third-order valence-electron chi connectivity index (χ3n) is 4.55. The summed E-state index contributed by atoms with van der Waals surface area (Å²) in [6.45, 7) is 6.91. The molecule has 0 saturated heterocycles. The Labute approximate surface area is 205 Å². The van der Waals surface area contributed by atoms with E-state index in [-0.39, 0.29) is 42.7 Å². The van der Waals surface area contributed by atoms with Gasteiger partial charge >= 0.3 is 18.0 Å². The lowest BCUT2D eigenvalue weighted by atomic mass is 10.1. The van der Waals surface area contributed by atoms with Crippen LogP contribution in [0.5, 0.6) is 11.5 Å². The second kappa shape index (κ2) is 14.2. The average Bonchev–Trinajstić information content (AvgIpc) is 2.79. The molecule has 2 aromatic rings. The maximum Gasteiger partial charge on any atom is 0.573 e. The number of alkyl halides is 3. The lowest BCUT2D eigenvalue weighted by Gasteiger charge is -2.14. The van der Waals surface area contributed by atoms with Crippen LogP contribution >= 0.6 is 11.8 Å². The monoisotopic (exact) mass is 522 g/mol. The molecule has 12 heteroatoms. The van der Waals surface area contributed by atoms with Crippen molar-refractivity contribution in [3.63, 3.8) is 0 Å². The van der Waals surface area contributed by atoms with Gasteiger partial charge in [0.2, 0.25) is 5.75 Å². The predicted octanol–water partition coefficient (Wildman–Crippen LogP) is 4.41. The molecule has 8 nitrogen and oxygen atoms in total. The van der Waals surface area contributed by atoms with E-state index in [4.69, 9.17) is 23.4 Å². The smallest absolute Gasteiger partial charge is 0.487 e. The number of thioether (sulfide) groups is 1. The molecule has 0 fully saturated rings. The summed E-state index contributed by atoms with van der Waals surface area (Å²) in [6.07, 6.45) is -4.66. The summed E-state index contributed by atoms with van der Waals surface area (Å²) in [4.78, 5) is 23.0. The number of fused-ring (bicyclic) bond motifs is 1. The van der Waals surface area contributed by atoms with Gasteiger partial charge in [-0.2, -0.15) is 11.8 Å². The van der Waals surface area contributed by atoms with Crippen LogP contribution in [0.2, 0.25) is 0 Å². The maximum atomic E-state index is 12.6. The molecule has 0 radical (unpaired) electrons. The highest BCUT2D eigenvalue weighted by Crippen LogP contribution is 2.33. The minimum absolute atomic E-state index is 0.0151. The van der Waals surface area contributed by atoms with Crippen LogP contribution in [-0.2, 0) is 19.0 Å². The molecule has 0 amide bonds. The van der Waals surface area contributed by atoms with Gasteiger partial charge in [0.1, 0.15) is 13.2 Å². The van der Waals surface area contributed by atoms with E-state index in [9.17, 15) is 22.8 Å². The molecular weight excluding hydrogens is 493 g/mol. The number of benzene rings is 1. The molecule has 0 atom stereocenters. The number of carbonyl (C=O) groups is 1. The van der Waals surface area contributed by atoms with Crippen LogP contribution in [-0.4, -0.2) is 63.5 Å². The molecule has 35 heavy (non-hydrogen) atoms. The molecule has 1 aromatic carbocycles. The van der Waals surface area contributed by atoms with E-state index in [0.29, 0.717) is 37.2 Å². The second-order valence-corrected chi connectivity index (χ2v) is 8.52. The van der Waals surface area contributed by atoms with Crippen LogP contribution in [0.3, 0.4) is 0 Å². The molecule has 0 spiro atoms. The number of rotatable bonds is 15. The van der Waals surface area contributed by atoms with Crippen molar-refractivity contribution in [2.24, 2.45) is 0 Å². The fourth-order valence-corrected chi connectivity index (χ4v) is 3.62. The summed E-state index contributed by atoms with van der Waals surface area (Å²) in [7, 11) is 0. The van der Waals surface area contributed by atoms with Gasteiger partial charge in [-0.3, -0.25) is 4.79 Å². The molecule has 0 bridgehead atoms. The van der Waals surface area contributed by atoms with Crippen molar-refractivity contribution in [2.45, 2.75) is 33.6 Å². The molecular formula is C23H29F3O8S. The van der Waals surface area contributed by atoms with Gasteiger partial charge in [-0.1, -0.05) is 6.92 Å². The standard InChI is InChI=1S/C23H29F3O8S/c1-4-19(27)32-8-6-30-10-12-35-11-9-29-5-7-31-18-14-15(2)13-17-16(3)20(34-23(24,25)26)22(28)33-21(17)18/h13-14H,4-12H2,1-3H3. The van der Waals surface area contributed by atoms with Crippen LogP contribution in [0.4, 0.5) is 13.2 Å². The highest BCUT2D eigenvalue weighted by Gasteiger charge is 2.34. The topological polar surface area (TPSA) is 93.4 Å². The van der Waals surface area contributed by atoms with Crippen molar-refractivity contribution in [3.8, 4) is 11.5 Å². The molecule has 0 aliphatic heterocycles. The van der Waals surface area contributed by atoms with E-state index in [1.165, 1.54) is 6.92 Å². The van der Waals surface area contributed by atoms with E-state index in [0.717, 1.165) is 11.5 Å². The first-order chi connectivity index (χ1) is 16.6. The summed E-state index contributed by atoms with van der Waals surface area (Å²) in [5.41, 5.74) is -0.459. The van der Waals surface area contributed by atoms with Crippen molar-refractivity contribution in [3.05, 3.63) is 33.7 Å². The van der Waals surface area contributed by atoms with Gasteiger partial charge in [-0.15, -0.1) is 13.2 Å². The first-order valence-electron chi connectivity index (χ1n) is 11.0. The number of esters is 1. The lowest BCUT2D eigenvalue weighted by molar-refractivity contribution is -0.275. The van der Waals surface area contributed by atoms with Crippen LogP contribution in [0.25, 0.3) is 11.0 Å². The van der Waals surface area contributed by atoms with E-state index < -0.39 is 17.7 Å². The van der Waals surface area contributed by atoms with Gasteiger partial charge < -0.3 is 28.1 Å².